The Kier molecular flexibility index (Phi) is 7.30. The zero-order valence-electron chi connectivity index (χ0n) is 31.3. The first-order chi connectivity index (χ1) is 24.3. The lowest BCUT2D eigenvalue weighted by Crippen LogP contribution is -2.80. The van der Waals surface area contributed by atoms with Crippen molar-refractivity contribution in [1.82, 2.24) is 14.8 Å². The number of para-hydroxylation sites is 1. The van der Waals surface area contributed by atoms with E-state index >= 15 is 0 Å². The van der Waals surface area contributed by atoms with Crippen molar-refractivity contribution in [3.05, 3.63) is 76.5 Å². The van der Waals surface area contributed by atoms with Crippen LogP contribution in [-0.2, 0) is 22.0 Å². The van der Waals surface area contributed by atoms with Gasteiger partial charge in [0.2, 0.25) is 0 Å². The molecule has 1 spiro atoms. The van der Waals surface area contributed by atoms with E-state index in [1.807, 2.05) is 7.05 Å². The standard InChI is InChI=1S/C43H56N4O4/c1-7-40(50)23-28-22-39(5,35-30(14-18-46(24-28)25-40)29-12-9-10-13-33(29)44-35)31-21-32-34(20-26(31)3)45(6)37-42(32)16-19-47-17-11-15-41(8-2,36(42)47)38(49)43(37,51)27(4)48/h9-13,15,20-21,28,36-38,44,49-51H,7-8,14,16-19,22-25H2,1-6H3/t28?,36?,37?,38-,39-,40?,41-,42-,43+/m1/s1. The second kappa shape index (κ2) is 11.0. The van der Waals surface area contributed by atoms with E-state index in [2.05, 4.69) is 95.9 Å². The summed E-state index contributed by atoms with van der Waals surface area (Å²) in [6, 6.07) is 12.9. The minimum atomic E-state index is -1.94. The fourth-order valence-electron chi connectivity index (χ4n) is 13.2. The van der Waals surface area contributed by atoms with Crippen LogP contribution < -0.4 is 4.90 Å². The molecule has 3 aromatic rings. The van der Waals surface area contributed by atoms with Crippen molar-refractivity contribution < 1.29 is 20.1 Å². The summed E-state index contributed by atoms with van der Waals surface area (Å²) < 4.78 is 0. The molecule has 1 aliphatic carbocycles. The smallest absolute Gasteiger partial charge is 0.170 e. The van der Waals surface area contributed by atoms with Gasteiger partial charge in [-0.3, -0.25) is 14.6 Å². The van der Waals surface area contributed by atoms with Crippen LogP contribution >= 0.6 is 0 Å². The highest BCUT2D eigenvalue weighted by Gasteiger charge is 2.78. The molecule has 0 radical (unpaired) electrons. The lowest BCUT2D eigenvalue weighted by atomic mass is 9.47. The molecular formula is C43H56N4O4. The van der Waals surface area contributed by atoms with Gasteiger partial charge in [0.1, 0.15) is 6.10 Å². The Morgan fingerprint density at radius 3 is 2.57 bits per heavy atom. The quantitative estimate of drug-likeness (QED) is 0.286. The van der Waals surface area contributed by atoms with Gasteiger partial charge in [-0.15, -0.1) is 0 Å². The second-order valence-corrected chi connectivity index (χ2v) is 17.7. The Bertz CT molecular complexity index is 1970. The number of hydrogen-bond acceptors (Lipinski definition) is 7. The Morgan fingerprint density at radius 1 is 1.04 bits per heavy atom. The van der Waals surface area contributed by atoms with Crippen molar-refractivity contribution in [1.29, 1.82) is 0 Å². The fourth-order valence-corrected chi connectivity index (χ4v) is 13.2. The topological polar surface area (TPSA) is 103 Å². The van der Waals surface area contributed by atoms with Crippen molar-refractivity contribution in [2.45, 2.75) is 113 Å². The molecule has 5 aliphatic heterocycles. The number of Topliss-reactive ketones (excluding diaryl/α,β-unsaturated/α-hetero) is 1. The second-order valence-electron chi connectivity index (χ2n) is 17.7. The van der Waals surface area contributed by atoms with Crippen LogP contribution in [0, 0.1) is 18.3 Å². The number of aryl methyl sites for hydroxylation is 1. The number of H-pyrrole nitrogens is 1. The monoisotopic (exact) mass is 692 g/mol. The molecule has 4 N–H and O–H groups in total. The first-order valence-electron chi connectivity index (χ1n) is 19.5. The van der Waals surface area contributed by atoms with E-state index in [1.54, 1.807) is 0 Å². The number of carbonyl (C=O) groups is 1. The van der Waals surface area contributed by atoms with E-state index < -0.39 is 39.6 Å². The molecule has 8 heteroatoms. The van der Waals surface area contributed by atoms with E-state index in [4.69, 9.17) is 0 Å². The molecule has 10 atom stereocenters. The average molecular weight is 693 g/mol. The third kappa shape index (κ3) is 4.17. The maximum absolute atomic E-state index is 13.8. The normalized spacial score (nSPS) is 41.4. The van der Waals surface area contributed by atoms with Gasteiger partial charge in [-0.25, -0.2) is 0 Å². The van der Waals surface area contributed by atoms with Crippen LogP contribution in [0.15, 0.2) is 48.6 Å². The molecule has 8 nitrogen and oxygen atoms in total. The molecule has 2 saturated heterocycles. The number of nitrogens with zero attached hydrogens (tertiary/aromatic N) is 3. The number of anilines is 1. The summed E-state index contributed by atoms with van der Waals surface area (Å²) in [7, 11) is 2.03. The molecule has 9 rings (SSSR count). The van der Waals surface area contributed by atoms with Gasteiger partial charge in [-0.1, -0.05) is 50.3 Å². The Balaban J connectivity index is 1.30. The molecule has 6 heterocycles. The first kappa shape index (κ1) is 33.8. The maximum atomic E-state index is 13.8. The van der Waals surface area contributed by atoms with E-state index in [0.717, 1.165) is 76.0 Å². The summed E-state index contributed by atoms with van der Waals surface area (Å²) in [6.45, 7) is 14.6. The van der Waals surface area contributed by atoms with Crippen LogP contribution in [0.1, 0.15) is 87.7 Å². The number of hydrogen-bond donors (Lipinski definition) is 4. The molecule has 3 fully saturated rings. The zero-order chi connectivity index (χ0) is 35.9. The highest BCUT2D eigenvalue weighted by Crippen LogP contribution is 2.67. The zero-order valence-corrected chi connectivity index (χ0v) is 31.3. The lowest BCUT2D eigenvalue weighted by molar-refractivity contribution is -0.200. The van der Waals surface area contributed by atoms with Gasteiger partial charge < -0.3 is 25.2 Å². The SMILES string of the molecule is CCC1(O)CC2CN(CCc3c([nH]c4ccccc34)[C@@](C)(c3cc4c(cc3C)N(C)C3[C@]45CCN4CC=C[C@](CC)(C45)[C@@H](O)[C@]3(O)C(C)=O)C2)C1. The predicted molar refractivity (Wildman–Crippen MR) is 201 cm³/mol. The highest BCUT2D eigenvalue weighted by molar-refractivity contribution is 5.90. The van der Waals surface area contributed by atoms with Crippen LogP contribution in [0.4, 0.5) is 5.69 Å². The Hall–Kier alpha value is -3.01. The minimum Gasteiger partial charge on any atom is -0.389 e. The summed E-state index contributed by atoms with van der Waals surface area (Å²) in [5.41, 5.74) is 4.19. The molecule has 6 aliphatic rings. The number of rotatable bonds is 4. The van der Waals surface area contributed by atoms with E-state index in [9.17, 15) is 20.1 Å². The molecule has 5 unspecified atom stereocenters. The van der Waals surface area contributed by atoms with Gasteiger partial charge in [-0.05, 0) is 106 Å². The molecule has 51 heavy (non-hydrogen) atoms. The number of aromatic nitrogens is 1. The first-order valence-corrected chi connectivity index (χ1v) is 19.5. The van der Waals surface area contributed by atoms with Gasteiger partial charge in [0.05, 0.1) is 11.6 Å². The van der Waals surface area contributed by atoms with Crippen LogP contribution in [0.3, 0.4) is 0 Å². The van der Waals surface area contributed by atoms with E-state index in [0.29, 0.717) is 12.3 Å². The van der Waals surface area contributed by atoms with Gasteiger partial charge >= 0.3 is 0 Å². The predicted octanol–water partition coefficient (Wildman–Crippen LogP) is 4.98. The van der Waals surface area contributed by atoms with Gasteiger partial charge in [0.25, 0.3) is 0 Å². The number of aliphatic hydroxyl groups excluding tert-OH is 1. The van der Waals surface area contributed by atoms with E-state index in [1.165, 1.54) is 40.3 Å². The number of aromatic amines is 1. The molecule has 1 aromatic heterocycles. The lowest BCUT2D eigenvalue weighted by Gasteiger charge is -2.63. The van der Waals surface area contributed by atoms with Gasteiger partial charge in [0, 0.05) is 77.8 Å². The van der Waals surface area contributed by atoms with Crippen LogP contribution in [0.2, 0.25) is 0 Å². The van der Waals surface area contributed by atoms with Gasteiger partial charge in [0.15, 0.2) is 11.4 Å². The van der Waals surface area contributed by atoms with Crippen molar-refractivity contribution in [3.63, 3.8) is 0 Å². The maximum Gasteiger partial charge on any atom is 0.170 e. The van der Waals surface area contributed by atoms with Crippen molar-refractivity contribution in [2.75, 3.05) is 44.7 Å². The molecule has 2 bridgehead atoms. The summed E-state index contributed by atoms with van der Waals surface area (Å²) in [4.78, 5) is 25.0. The van der Waals surface area contributed by atoms with Crippen LogP contribution in [0.25, 0.3) is 10.9 Å². The van der Waals surface area contributed by atoms with Crippen molar-refractivity contribution >= 4 is 22.4 Å². The summed E-state index contributed by atoms with van der Waals surface area (Å²) >= 11 is 0. The number of benzene rings is 2. The number of piperidine rings is 1. The van der Waals surface area contributed by atoms with Crippen molar-refractivity contribution in [2.24, 2.45) is 11.3 Å². The third-order valence-electron chi connectivity index (χ3n) is 15.3. The molecule has 1 saturated carbocycles. The number of aliphatic hydroxyl groups is 3. The summed E-state index contributed by atoms with van der Waals surface area (Å²) in [6.07, 6.45) is 7.83. The fraction of sp³-hybridized carbons (Fsp3) is 0.605. The minimum absolute atomic E-state index is 0.0534. The Labute approximate surface area is 302 Å². The van der Waals surface area contributed by atoms with Crippen LogP contribution in [0.5, 0.6) is 0 Å². The Morgan fingerprint density at radius 2 is 1.82 bits per heavy atom. The average Bonchev–Trinajstić information content (AvgIpc) is 3.76. The number of carbonyl (C=O) groups excluding carboxylic acids is 1. The van der Waals surface area contributed by atoms with E-state index in [-0.39, 0.29) is 11.8 Å². The van der Waals surface area contributed by atoms with Crippen LogP contribution in [-0.4, -0.2) is 105 Å². The largest absolute Gasteiger partial charge is 0.389 e. The highest BCUT2D eigenvalue weighted by atomic mass is 16.4. The molecule has 272 valence electrons. The number of likely N-dealkylation sites (N-methyl/N-ethyl adjacent to an activating group) is 1. The van der Waals surface area contributed by atoms with Gasteiger partial charge in [-0.2, -0.15) is 0 Å². The molecule has 2 aromatic carbocycles. The number of fused-ring (bicyclic) bond motifs is 6. The summed E-state index contributed by atoms with van der Waals surface area (Å²) in [5, 5.41) is 38.2. The summed E-state index contributed by atoms with van der Waals surface area (Å²) in [5.74, 6) is -0.0611. The number of nitrogens with one attached hydrogen (secondary N) is 1. The molecular weight excluding hydrogens is 636 g/mol. The van der Waals surface area contributed by atoms with Crippen molar-refractivity contribution in [3.8, 4) is 0 Å². The number of ketones is 1. The third-order valence-corrected chi connectivity index (χ3v) is 15.3. The molecule has 0 amide bonds.